The van der Waals surface area contributed by atoms with Crippen LogP contribution in [-0.2, 0) is 6.54 Å². The van der Waals surface area contributed by atoms with Crippen LogP contribution in [0.5, 0.6) is 0 Å². The number of primary amides is 1. The molecular formula is C18H17N5O. The van der Waals surface area contributed by atoms with Crippen molar-refractivity contribution >= 4 is 23.1 Å². The summed E-state index contributed by atoms with van der Waals surface area (Å²) in [4.78, 5) is 19.9. The molecule has 0 fully saturated rings. The van der Waals surface area contributed by atoms with Crippen LogP contribution >= 0.6 is 0 Å². The summed E-state index contributed by atoms with van der Waals surface area (Å²) in [5.41, 5.74) is 8.33. The van der Waals surface area contributed by atoms with Gasteiger partial charge < -0.3 is 16.4 Å². The molecule has 1 amide bonds. The van der Waals surface area contributed by atoms with Crippen LogP contribution in [0.2, 0.25) is 0 Å². The third-order valence-electron chi connectivity index (χ3n) is 3.43. The Morgan fingerprint density at radius 1 is 1.08 bits per heavy atom. The zero-order valence-corrected chi connectivity index (χ0v) is 12.9. The van der Waals surface area contributed by atoms with Gasteiger partial charge in [0.1, 0.15) is 5.82 Å². The molecule has 0 atom stereocenters. The lowest BCUT2D eigenvalue weighted by atomic mass is 10.2. The van der Waals surface area contributed by atoms with E-state index in [1.807, 2.05) is 42.5 Å². The number of nitrogens with one attached hydrogen (secondary N) is 2. The Hall–Kier alpha value is -3.41. The average molecular weight is 319 g/mol. The molecule has 0 spiro atoms. The van der Waals surface area contributed by atoms with Gasteiger partial charge in [0, 0.05) is 25.0 Å². The van der Waals surface area contributed by atoms with Crippen LogP contribution in [0.15, 0.2) is 67.1 Å². The first-order chi connectivity index (χ1) is 11.7. The molecule has 0 radical (unpaired) electrons. The van der Waals surface area contributed by atoms with Crippen molar-refractivity contribution in [3.8, 4) is 0 Å². The van der Waals surface area contributed by atoms with E-state index < -0.39 is 5.91 Å². The van der Waals surface area contributed by atoms with Gasteiger partial charge in [0.25, 0.3) is 5.91 Å². The third-order valence-corrected chi connectivity index (χ3v) is 3.43. The van der Waals surface area contributed by atoms with E-state index in [-0.39, 0.29) is 0 Å². The Kier molecular flexibility index (Phi) is 4.67. The molecule has 120 valence electrons. The van der Waals surface area contributed by atoms with Gasteiger partial charge in [-0.3, -0.25) is 9.78 Å². The van der Waals surface area contributed by atoms with E-state index in [9.17, 15) is 4.79 Å². The summed E-state index contributed by atoms with van der Waals surface area (Å²) in [6.07, 6.45) is 4.86. The Labute approximate surface area is 139 Å². The first-order valence-electron chi connectivity index (χ1n) is 7.47. The smallest absolute Gasteiger partial charge is 0.252 e. The highest BCUT2D eigenvalue weighted by atomic mass is 16.1. The molecule has 0 saturated heterocycles. The average Bonchev–Trinajstić information content (AvgIpc) is 2.61. The minimum absolute atomic E-state index is 0.350. The summed E-state index contributed by atoms with van der Waals surface area (Å²) in [5.74, 6) is 0.0783. The summed E-state index contributed by atoms with van der Waals surface area (Å²) in [7, 11) is 0. The summed E-state index contributed by atoms with van der Waals surface area (Å²) < 4.78 is 0. The molecule has 0 bridgehead atoms. The number of carbonyl (C=O) groups excluding carboxylic acids is 1. The summed E-state index contributed by atoms with van der Waals surface area (Å²) in [5, 5.41) is 6.38. The van der Waals surface area contributed by atoms with Crippen molar-refractivity contribution in [2.24, 2.45) is 5.73 Å². The van der Waals surface area contributed by atoms with Gasteiger partial charge in [-0.15, -0.1) is 0 Å². The maximum atomic E-state index is 11.6. The van der Waals surface area contributed by atoms with Crippen molar-refractivity contribution in [2.45, 2.75) is 6.54 Å². The number of carbonyl (C=O) groups is 1. The molecule has 0 saturated carbocycles. The Balaban J connectivity index is 1.82. The second-order valence-corrected chi connectivity index (χ2v) is 5.19. The van der Waals surface area contributed by atoms with Gasteiger partial charge in [-0.25, -0.2) is 4.98 Å². The second-order valence-electron chi connectivity index (χ2n) is 5.19. The number of pyridine rings is 2. The zero-order chi connectivity index (χ0) is 16.8. The highest BCUT2D eigenvalue weighted by molar-refractivity contribution is 5.98. The van der Waals surface area contributed by atoms with E-state index in [4.69, 9.17) is 5.73 Å². The number of rotatable bonds is 6. The van der Waals surface area contributed by atoms with Crippen molar-refractivity contribution in [1.82, 2.24) is 9.97 Å². The fourth-order valence-corrected chi connectivity index (χ4v) is 2.24. The topological polar surface area (TPSA) is 92.9 Å². The molecule has 2 aromatic heterocycles. The molecular weight excluding hydrogens is 302 g/mol. The highest BCUT2D eigenvalue weighted by Gasteiger charge is 2.10. The number of nitrogens with two attached hydrogens (primary N) is 1. The number of nitrogens with zero attached hydrogens (tertiary/aromatic N) is 2. The Morgan fingerprint density at radius 3 is 2.62 bits per heavy atom. The molecule has 0 aliphatic rings. The van der Waals surface area contributed by atoms with Crippen LogP contribution in [0, 0.1) is 0 Å². The molecule has 1 aromatic carbocycles. The normalized spacial score (nSPS) is 10.2. The molecule has 0 unspecified atom stereocenters. The van der Waals surface area contributed by atoms with E-state index >= 15 is 0 Å². The minimum atomic E-state index is -0.522. The van der Waals surface area contributed by atoms with E-state index in [1.54, 1.807) is 18.5 Å². The lowest BCUT2D eigenvalue weighted by Gasteiger charge is -2.12. The van der Waals surface area contributed by atoms with Crippen LogP contribution in [0.3, 0.4) is 0 Å². The van der Waals surface area contributed by atoms with Crippen molar-refractivity contribution in [3.05, 3.63) is 78.2 Å². The maximum Gasteiger partial charge on any atom is 0.252 e. The van der Waals surface area contributed by atoms with E-state index in [0.29, 0.717) is 23.6 Å². The summed E-state index contributed by atoms with van der Waals surface area (Å²) in [6.45, 7) is 0.581. The molecule has 4 N–H and O–H groups in total. The van der Waals surface area contributed by atoms with E-state index in [2.05, 4.69) is 20.6 Å². The number of anilines is 3. The van der Waals surface area contributed by atoms with Crippen LogP contribution in [0.1, 0.15) is 15.9 Å². The van der Waals surface area contributed by atoms with Crippen molar-refractivity contribution < 1.29 is 4.79 Å². The lowest BCUT2D eigenvalue weighted by Crippen LogP contribution is -2.15. The predicted octanol–water partition coefficient (Wildman–Crippen LogP) is 2.93. The van der Waals surface area contributed by atoms with Gasteiger partial charge in [0.15, 0.2) is 0 Å². The fraction of sp³-hybridized carbons (Fsp3) is 0.0556. The standard InChI is InChI=1S/C18H17N5O/c19-18(24)15-12-22-17(23-14-7-4-8-20-11-14)9-16(15)21-10-13-5-2-1-3-6-13/h1-9,11-12H,10H2,(H2,19,24)(H2,21,22,23). The van der Waals surface area contributed by atoms with Crippen molar-refractivity contribution in [2.75, 3.05) is 10.6 Å². The predicted molar refractivity (Wildman–Crippen MR) is 94.0 cm³/mol. The summed E-state index contributed by atoms with van der Waals surface area (Å²) >= 11 is 0. The highest BCUT2D eigenvalue weighted by Crippen LogP contribution is 2.21. The monoisotopic (exact) mass is 319 g/mol. The first-order valence-corrected chi connectivity index (χ1v) is 7.47. The van der Waals surface area contributed by atoms with Gasteiger partial charge >= 0.3 is 0 Å². The van der Waals surface area contributed by atoms with Crippen molar-refractivity contribution in [1.29, 1.82) is 0 Å². The van der Waals surface area contributed by atoms with Crippen LogP contribution in [0.25, 0.3) is 0 Å². The van der Waals surface area contributed by atoms with Gasteiger partial charge in [0.05, 0.1) is 23.1 Å². The fourth-order valence-electron chi connectivity index (χ4n) is 2.24. The van der Waals surface area contributed by atoms with Gasteiger partial charge in [-0.05, 0) is 17.7 Å². The van der Waals surface area contributed by atoms with Crippen LogP contribution < -0.4 is 16.4 Å². The van der Waals surface area contributed by atoms with Crippen molar-refractivity contribution in [3.63, 3.8) is 0 Å². The maximum absolute atomic E-state index is 11.6. The molecule has 2 heterocycles. The third kappa shape index (κ3) is 3.86. The minimum Gasteiger partial charge on any atom is -0.380 e. The second kappa shape index (κ2) is 7.23. The van der Waals surface area contributed by atoms with E-state index in [0.717, 1.165) is 11.3 Å². The lowest BCUT2D eigenvalue weighted by molar-refractivity contribution is 0.100. The summed E-state index contributed by atoms with van der Waals surface area (Å²) in [6, 6.07) is 15.4. The number of aromatic nitrogens is 2. The molecule has 3 rings (SSSR count). The van der Waals surface area contributed by atoms with Gasteiger partial charge in [-0.2, -0.15) is 0 Å². The molecule has 6 heteroatoms. The number of hydrogen-bond donors (Lipinski definition) is 3. The van der Waals surface area contributed by atoms with E-state index in [1.165, 1.54) is 6.20 Å². The number of amides is 1. The first kappa shape index (κ1) is 15.5. The molecule has 24 heavy (non-hydrogen) atoms. The molecule has 6 nitrogen and oxygen atoms in total. The zero-order valence-electron chi connectivity index (χ0n) is 12.9. The van der Waals surface area contributed by atoms with Gasteiger partial charge in [0.2, 0.25) is 0 Å². The van der Waals surface area contributed by atoms with Crippen LogP contribution in [-0.4, -0.2) is 15.9 Å². The largest absolute Gasteiger partial charge is 0.380 e. The molecule has 0 aliphatic carbocycles. The SMILES string of the molecule is NC(=O)c1cnc(Nc2cccnc2)cc1NCc1ccccc1. The number of hydrogen-bond acceptors (Lipinski definition) is 5. The quantitative estimate of drug-likeness (QED) is 0.649. The number of benzene rings is 1. The Morgan fingerprint density at radius 2 is 1.92 bits per heavy atom. The molecule has 0 aliphatic heterocycles. The van der Waals surface area contributed by atoms with Gasteiger partial charge in [-0.1, -0.05) is 30.3 Å². The van der Waals surface area contributed by atoms with Crippen LogP contribution in [0.4, 0.5) is 17.2 Å². The molecule has 3 aromatic rings. The Bertz CT molecular complexity index is 821.